The lowest BCUT2D eigenvalue weighted by Crippen LogP contribution is -2.54. The summed E-state index contributed by atoms with van der Waals surface area (Å²) in [5, 5.41) is 8.71. The van der Waals surface area contributed by atoms with Gasteiger partial charge < -0.3 is 14.9 Å². The predicted molar refractivity (Wildman–Crippen MR) is 80.3 cm³/mol. The fourth-order valence-corrected chi connectivity index (χ4v) is 3.36. The Morgan fingerprint density at radius 1 is 1.14 bits per heavy atom. The van der Waals surface area contributed by atoms with Crippen molar-refractivity contribution in [2.24, 2.45) is 0 Å². The topological polar surface area (TPSA) is 64.1 Å². The highest BCUT2D eigenvalue weighted by molar-refractivity contribution is 5.75. The third-order valence-corrected chi connectivity index (χ3v) is 4.64. The van der Waals surface area contributed by atoms with Crippen LogP contribution in [0.3, 0.4) is 0 Å². The van der Waals surface area contributed by atoms with E-state index in [2.05, 4.69) is 11.8 Å². The van der Waals surface area contributed by atoms with Gasteiger partial charge in [-0.15, -0.1) is 0 Å². The van der Waals surface area contributed by atoms with Crippen LogP contribution in [0.15, 0.2) is 0 Å². The lowest BCUT2D eigenvalue weighted by atomic mass is 10.2. The molecule has 6 nitrogen and oxygen atoms in total. The maximum absolute atomic E-state index is 12.6. The van der Waals surface area contributed by atoms with Crippen LogP contribution < -0.4 is 0 Å². The lowest BCUT2D eigenvalue weighted by Gasteiger charge is -2.39. The maximum Gasteiger partial charge on any atom is 0.320 e. The molecule has 120 valence electrons. The molecule has 0 aromatic heterocycles. The van der Waals surface area contributed by atoms with Crippen molar-refractivity contribution in [1.82, 2.24) is 14.7 Å². The maximum atomic E-state index is 12.6. The molecule has 1 aliphatic carbocycles. The first-order valence-electron chi connectivity index (χ1n) is 8.11. The van der Waals surface area contributed by atoms with Crippen molar-refractivity contribution >= 4 is 12.0 Å². The van der Waals surface area contributed by atoms with Crippen LogP contribution in [0.25, 0.3) is 0 Å². The Morgan fingerprint density at radius 3 is 2.29 bits per heavy atom. The van der Waals surface area contributed by atoms with Gasteiger partial charge in [-0.05, 0) is 19.8 Å². The second-order valence-corrected chi connectivity index (χ2v) is 5.98. The number of rotatable bonds is 5. The van der Waals surface area contributed by atoms with Crippen LogP contribution in [0.5, 0.6) is 0 Å². The molecule has 0 atom stereocenters. The minimum absolute atomic E-state index is 0.169. The van der Waals surface area contributed by atoms with E-state index in [1.807, 2.05) is 9.80 Å². The number of hydrogen-bond acceptors (Lipinski definition) is 3. The van der Waals surface area contributed by atoms with Gasteiger partial charge in [0.15, 0.2) is 0 Å². The van der Waals surface area contributed by atoms with Crippen LogP contribution in [-0.2, 0) is 4.79 Å². The van der Waals surface area contributed by atoms with Gasteiger partial charge in [0.2, 0.25) is 0 Å². The number of carboxylic acid groups (broad SMARTS) is 1. The van der Waals surface area contributed by atoms with Crippen molar-refractivity contribution < 1.29 is 14.7 Å². The van der Waals surface area contributed by atoms with Gasteiger partial charge in [-0.2, -0.15) is 0 Å². The normalized spacial score (nSPS) is 20.7. The van der Waals surface area contributed by atoms with Gasteiger partial charge >= 0.3 is 12.0 Å². The Kier molecular flexibility index (Phi) is 5.85. The summed E-state index contributed by atoms with van der Waals surface area (Å²) in [7, 11) is 0. The molecule has 0 spiro atoms. The minimum atomic E-state index is -0.758. The van der Waals surface area contributed by atoms with E-state index in [1.54, 1.807) is 0 Å². The van der Waals surface area contributed by atoms with Crippen LogP contribution in [0.2, 0.25) is 0 Å². The van der Waals surface area contributed by atoms with Gasteiger partial charge in [0, 0.05) is 45.3 Å². The highest BCUT2D eigenvalue weighted by Gasteiger charge is 2.30. The van der Waals surface area contributed by atoms with Crippen molar-refractivity contribution in [1.29, 1.82) is 0 Å². The van der Waals surface area contributed by atoms with Gasteiger partial charge in [-0.1, -0.05) is 12.8 Å². The summed E-state index contributed by atoms with van der Waals surface area (Å²) in [6.07, 6.45) is 4.92. The van der Waals surface area contributed by atoms with Crippen molar-refractivity contribution in [2.75, 3.05) is 39.3 Å². The smallest absolute Gasteiger partial charge is 0.320 e. The zero-order valence-corrected chi connectivity index (χ0v) is 13.0. The quantitative estimate of drug-likeness (QED) is 0.834. The number of urea groups is 1. The summed E-state index contributed by atoms with van der Waals surface area (Å²) < 4.78 is 0. The molecule has 2 rings (SSSR count). The fraction of sp³-hybridized carbons (Fsp3) is 0.867. The first-order chi connectivity index (χ1) is 10.1. The molecule has 21 heavy (non-hydrogen) atoms. The summed E-state index contributed by atoms with van der Waals surface area (Å²) in [5.41, 5.74) is 0. The molecule has 1 heterocycles. The van der Waals surface area contributed by atoms with E-state index in [-0.39, 0.29) is 12.5 Å². The van der Waals surface area contributed by atoms with Crippen LogP contribution in [0.1, 0.15) is 39.0 Å². The molecule has 0 unspecified atom stereocenters. The van der Waals surface area contributed by atoms with Crippen LogP contribution in [-0.4, -0.2) is 77.1 Å². The van der Waals surface area contributed by atoms with E-state index >= 15 is 0 Å². The van der Waals surface area contributed by atoms with E-state index in [4.69, 9.17) is 5.11 Å². The Labute approximate surface area is 126 Å². The Balaban J connectivity index is 1.80. The summed E-state index contributed by atoms with van der Waals surface area (Å²) >= 11 is 0. The number of carboxylic acids is 1. The Bertz CT molecular complexity index is 361. The minimum Gasteiger partial charge on any atom is -0.481 e. The largest absolute Gasteiger partial charge is 0.481 e. The molecule has 0 radical (unpaired) electrons. The molecule has 1 saturated carbocycles. The molecular weight excluding hydrogens is 270 g/mol. The first kappa shape index (κ1) is 16.1. The van der Waals surface area contributed by atoms with Crippen molar-refractivity contribution in [3.05, 3.63) is 0 Å². The van der Waals surface area contributed by atoms with Gasteiger partial charge in [0.1, 0.15) is 0 Å². The zero-order chi connectivity index (χ0) is 15.2. The second-order valence-electron chi connectivity index (χ2n) is 5.98. The molecule has 0 aromatic carbocycles. The number of hydrogen-bond donors (Lipinski definition) is 1. The van der Waals surface area contributed by atoms with Crippen molar-refractivity contribution in [2.45, 2.75) is 45.1 Å². The molecule has 6 heteroatoms. The lowest BCUT2D eigenvalue weighted by molar-refractivity contribution is -0.137. The fourth-order valence-electron chi connectivity index (χ4n) is 3.36. The number of nitrogens with zero attached hydrogens (tertiary/aromatic N) is 3. The number of piperazine rings is 1. The van der Waals surface area contributed by atoms with Crippen LogP contribution in [0.4, 0.5) is 4.79 Å². The van der Waals surface area contributed by atoms with Crippen molar-refractivity contribution in [3.63, 3.8) is 0 Å². The van der Waals surface area contributed by atoms with E-state index in [0.717, 1.165) is 32.5 Å². The molecule has 1 aliphatic heterocycles. The summed E-state index contributed by atoms with van der Waals surface area (Å²) in [4.78, 5) is 29.3. The standard InChI is InChI=1S/C15H27N3O3/c1-2-18(13-5-3-4-6-13)15(21)17-11-9-16(10-12-17)8-7-14(19)20/h13H,2-12H2,1H3,(H,19,20). The zero-order valence-electron chi connectivity index (χ0n) is 13.0. The summed E-state index contributed by atoms with van der Waals surface area (Å²) in [6.45, 7) is 6.39. The molecule has 0 aromatic rings. The molecule has 1 saturated heterocycles. The number of carbonyl (C=O) groups is 2. The van der Waals surface area contributed by atoms with Gasteiger partial charge in [0.05, 0.1) is 6.42 Å². The monoisotopic (exact) mass is 297 g/mol. The Morgan fingerprint density at radius 2 is 1.76 bits per heavy atom. The Hall–Kier alpha value is -1.30. The molecule has 0 bridgehead atoms. The highest BCUT2D eigenvalue weighted by atomic mass is 16.4. The SMILES string of the molecule is CCN(C(=O)N1CCN(CCC(=O)O)CC1)C1CCCC1. The third kappa shape index (κ3) is 4.33. The van der Waals surface area contributed by atoms with Gasteiger partial charge in [0.25, 0.3) is 0 Å². The number of aliphatic carboxylic acids is 1. The summed E-state index contributed by atoms with van der Waals surface area (Å²) in [5.74, 6) is -0.758. The van der Waals surface area contributed by atoms with Gasteiger partial charge in [-0.25, -0.2) is 4.79 Å². The van der Waals surface area contributed by atoms with E-state index in [9.17, 15) is 9.59 Å². The summed E-state index contributed by atoms with van der Waals surface area (Å²) in [6, 6.07) is 0.592. The molecule has 2 fully saturated rings. The van der Waals surface area contributed by atoms with E-state index in [1.165, 1.54) is 12.8 Å². The van der Waals surface area contributed by atoms with Gasteiger partial charge in [-0.3, -0.25) is 9.69 Å². The molecule has 2 aliphatic rings. The number of amides is 2. The average Bonchev–Trinajstić information content (AvgIpc) is 3.00. The third-order valence-electron chi connectivity index (χ3n) is 4.64. The average molecular weight is 297 g/mol. The van der Waals surface area contributed by atoms with E-state index in [0.29, 0.717) is 25.7 Å². The second kappa shape index (κ2) is 7.64. The molecular formula is C15H27N3O3. The molecule has 2 amide bonds. The van der Waals surface area contributed by atoms with Crippen LogP contribution >= 0.6 is 0 Å². The van der Waals surface area contributed by atoms with Crippen LogP contribution in [0, 0.1) is 0 Å². The molecule has 1 N–H and O–H groups in total. The predicted octanol–water partition coefficient (Wildman–Crippen LogP) is 1.46. The number of carbonyl (C=O) groups excluding carboxylic acids is 1. The first-order valence-corrected chi connectivity index (χ1v) is 8.11. The highest BCUT2D eigenvalue weighted by Crippen LogP contribution is 2.24. The van der Waals surface area contributed by atoms with Crippen molar-refractivity contribution in [3.8, 4) is 0 Å². The van der Waals surface area contributed by atoms with E-state index < -0.39 is 5.97 Å².